The van der Waals surface area contributed by atoms with Crippen LogP contribution in [0, 0.1) is 0 Å². The molecule has 0 aliphatic carbocycles. The van der Waals surface area contributed by atoms with Crippen molar-refractivity contribution in [3.05, 3.63) is 0 Å². The Morgan fingerprint density at radius 2 is 1.82 bits per heavy atom. The Bertz CT molecular complexity index is 153. The van der Waals surface area contributed by atoms with Gasteiger partial charge in [-0.2, -0.15) is 8.78 Å². The Morgan fingerprint density at radius 3 is 1.91 bits per heavy atom. The molecule has 0 aliphatic heterocycles. The van der Waals surface area contributed by atoms with Crippen LogP contribution in [0.4, 0.5) is 8.78 Å². The second kappa shape index (κ2) is 3.21. The fraction of sp³-hybridized carbons (Fsp3) is 0.800. The van der Waals surface area contributed by atoms with Gasteiger partial charge in [-0.3, -0.25) is 4.79 Å². The number of ketones is 1. The van der Waals surface area contributed by atoms with Crippen molar-refractivity contribution >= 4 is 5.78 Å². The van der Waals surface area contributed by atoms with Crippen LogP contribution in [0.2, 0.25) is 0 Å². The average molecular weight is 170 g/mol. The first kappa shape index (κ1) is 10.4. The maximum absolute atomic E-state index is 11.7. The summed E-state index contributed by atoms with van der Waals surface area (Å²) in [5.41, 5.74) is 0. The Balaban J connectivity index is 4.25. The highest BCUT2D eigenvalue weighted by molar-refractivity contribution is 5.80. The molecule has 0 heterocycles. The van der Waals surface area contributed by atoms with E-state index in [0.717, 1.165) is 6.92 Å². The standard InChI is InChI=1S/C5H8F2O4/c1-2(8)3(9)4(10)5(6,7)11/h3-4,9-11H,1H3/t3-,4+/m1/s1. The molecule has 0 rings (SSSR count). The van der Waals surface area contributed by atoms with Gasteiger partial charge < -0.3 is 15.3 Å². The van der Waals surface area contributed by atoms with Crippen LogP contribution < -0.4 is 0 Å². The summed E-state index contributed by atoms with van der Waals surface area (Å²) in [6.45, 7) is 0.819. The zero-order valence-electron chi connectivity index (χ0n) is 5.66. The van der Waals surface area contributed by atoms with Gasteiger partial charge in [-0.05, 0) is 6.92 Å². The molecule has 0 bridgehead atoms. The third kappa shape index (κ3) is 2.87. The maximum atomic E-state index is 11.7. The van der Waals surface area contributed by atoms with Crippen LogP contribution in [0.1, 0.15) is 6.92 Å². The summed E-state index contributed by atoms with van der Waals surface area (Å²) < 4.78 is 23.4. The van der Waals surface area contributed by atoms with Crippen LogP contribution in [0.5, 0.6) is 0 Å². The Labute approximate surface area is 61.1 Å². The van der Waals surface area contributed by atoms with Gasteiger partial charge in [0.25, 0.3) is 0 Å². The van der Waals surface area contributed by atoms with Gasteiger partial charge in [0.15, 0.2) is 11.9 Å². The zero-order valence-corrected chi connectivity index (χ0v) is 5.66. The first-order valence-electron chi connectivity index (χ1n) is 2.73. The lowest BCUT2D eigenvalue weighted by Crippen LogP contribution is -2.45. The monoisotopic (exact) mass is 170 g/mol. The van der Waals surface area contributed by atoms with E-state index in [1.165, 1.54) is 0 Å². The molecular weight excluding hydrogens is 162 g/mol. The fourth-order valence-corrected chi connectivity index (χ4v) is 0.412. The average Bonchev–Trinajstić information content (AvgIpc) is 1.82. The van der Waals surface area contributed by atoms with Gasteiger partial charge in [-0.15, -0.1) is 0 Å². The normalized spacial score (nSPS) is 17.6. The quantitative estimate of drug-likeness (QED) is 0.501. The van der Waals surface area contributed by atoms with E-state index in [1.54, 1.807) is 0 Å². The molecule has 0 aromatic rings. The van der Waals surface area contributed by atoms with E-state index in [4.69, 9.17) is 15.3 Å². The Morgan fingerprint density at radius 1 is 1.45 bits per heavy atom. The summed E-state index contributed by atoms with van der Waals surface area (Å²) >= 11 is 0. The van der Waals surface area contributed by atoms with Crippen LogP contribution in [0.3, 0.4) is 0 Å². The number of halogens is 2. The number of carbonyl (C=O) groups excluding carboxylic acids is 1. The van der Waals surface area contributed by atoms with E-state index in [2.05, 4.69) is 0 Å². The van der Waals surface area contributed by atoms with E-state index < -0.39 is 24.1 Å². The molecule has 66 valence electrons. The first-order valence-corrected chi connectivity index (χ1v) is 2.73. The number of aliphatic hydroxyl groups is 3. The fourth-order valence-electron chi connectivity index (χ4n) is 0.412. The number of Topliss-reactive ketones (excluding diaryl/α,β-unsaturated/α-hetero) is 1. The molecule has 0 aromatic heterocycles. The van der Waals surface area contributed by atoms with Gasteiger partial charge in [0.05, 0.1) is 0 Å². The van der Waals surface area contributed by atoms with Crippen LogP contribution in [-0.2, 0) is 4.79 Å². The molecule has 0 saturated carbocycles. The van der Waals surface area contributed by atoms with Crippen molar-refractivity contribution in [3.8, 4) is 0 Å². The molecule has 0 spiro atoms. The maximum Gasteiger partial charge on any atom is 0.382 e. The lowest BCUT2D eigenvalue weighted by Gasteiger charge is -2.19. The molecule has 0 radical (unpaired) electrons. The first-order chi connectivity index (χ1) is 4.76. The van der Waals surface area contributed by atoms with Gasteiger partial charge in [-0.1, -0.05) is 0 Å². The van der Waals surface area contributed by atoms with Crippen molar-refractivity contribution in [1.29, 1.82) is 0 Å². The van der Waals surface area contributed by atoms with E-state index >= 15 is 0 Å². The number of hydrogen-bond acceptors (Lipinski definition) is 4. The Hall–Kier alpha value is -0.590. The summed E-state index contributed by atoms with van der Waals surface area (Å²) in [6.07, 6.45) is -9.47. The number of hydrogen-bond donors (Lipinski definition) is 3. The van der Waals surface area contributed by atoms with Crippen LogP contribution in [0.15, 0.2) is 0 Å². The van der Waals surface area contributed by atoms with Crippen molar-refractivity contribution in [3.63, 3.8) is 0 Å². The molecule has 3 N–H and O–H groups in total. The summed E-state index contributed by atoms with van der Waals surface area (Å²) in [5.74, 6) is -1.04. The molecule has 6 heteroatoms. The second-order valence-corrected chi connectivity index (χ2v) is 2.09. The molecular formula is C5H8F2O4. The molecule has 0 saturated heterocycles. The van der Waals surface area contributed by atoms with Crippen molar-refractivity contribution in [2.75, 3.05) is 0 Å². The van der Waals surface area contributed by atoms with Gasteiger partial charge >= 0.3 is 6.11 Å². The predicted octanol–water partition coefficient (Wildman–Crippen LogP) is -1.12. The van der Waals surface area contributed by atoms with E-state index in [0.29, 0.717) is 0 Å². The molecule has 0 fully saturated rings. The summed E-state index contributed by atoms with van der Waals surface area (Å²) in [5, 5.41) is 24.7. The lowest BCUT2D eigenvalue weighted by atomic mass is 10.1. The zero-order chi connectivity index (χ0) is 9.23. The number of alkyl halides is 2. The van der Waals surface area contributed by atoms with Gasteiger partial charge in [0.1, 0.15) is 6.10 Å². The molecule has 0 amide bonds. The molecule has 11 heavy (non-hydrogen) atoms. The largest absolute Gasteiger partial charge is 0.382 e. The van der Waals surface area contributed by atoms with Crippen LogP contribution >= 0.6 is 0 Å². The van der Waals surface area contributed by atoms with E-state index in [1.807, 2.05) is 0 Å². The highest BCUT2D eigenvalue weighted by Crippen LogP contribution is 2.17. The SMILES string of the molecule is CC(=O)[C@@H](O)[C@H](O)C(O)(F)F. The second-order valence-electron chi connectivity index (χ2n) is 2.09. The molecule has 0 aromatic carbocycles. The van der Waals surface area contributed by atoms with Crippen molar-refractivity contribution < 1.29 is 28.9 Å². The number of aliphatic hydroxyl groups excluding tert-OH is 2. The highest BCUT2D eigenvalue weighted by Gasteiger charge is 2.42. The third-order valence-corrected chi connectivity index (χ3v) is 1.07. The topological polar surface area (TPSA) is 77.8 Å². The van der Waals surface area contributed by atoms with Gasteiger partial charge in [-0.25, -0.2) is 0 Å². The van der Waals surface area contributed by atoms with E-state index in [-0.39, 0.29) is 0 Å². The van der Waals surface area contributed by atoms with Crippen molar-refractivity contribution in [1.82, 2.24) is 0 Å². The van der Waals surface area contributed by atoms with E-state index in [9.17, 15) is 13.6 Å². The molecule has 0 unspecified atom stereocenters. The van der Waals surface area contributed by atoms with Crippen molar-refractivity contribution in [2.45, 2.75) is 25.2 Å². The van der Waals surface area contributed by atoms with Gasteiger partial charge in [0, 0.05) is 0 Å². The predicted molar refractivity (Wildman–Crippen MR) is 29.9 cm³/mol. The van der Waals surface area contributed by atoms with Gasteiger partial charge in [0.2, 0.25) is 0 Å². The minimum atomic E-state index is -4.45. The minimum absolute atomic E-state index is 0.819. The summed E-state index contributed by atoms with van der Waals surface area (Å²) in [7, 11) is 0. The third-order valence-electron chi connectivity index (χ3n) is 1.07. The summed E-state index contributed by atoms with van der Waals surface area (Å²) in [6, 6.07) is 0. The Kier molecular flexibility index (Phi) is 3.03. The number of carbonyl (C=O) groups is 1. The van der Waals surface area contributed by atoms with Crippen LogP contribution in [-0.4, -0.2) is 39.4 Å². The van der Waals surface area contributed by atoms with Crippen molar-refractivity contribution in [2.24, 2.45) is 0 Å². The molecule has 0 aliphatic rings. The lowest BCUT2D eigenvalue weighted by molar-refractivity contribution is -0.274. The summed E-state index contributed by atoms with van der Waals surface area (Å²) in [4.78, 5) is 10.2. The highest BCUT2D eigenvalue weighted by atomic mass is 19.3. The molecule has 2 atom stereocenters. The molecule has 4 nitrogen and oxygen atoms in total. The number of rotatable bonds is 3. The minimum Gasteiger partial charge on any atom is -0.382 e. The van der Waals surface area contributed by atoms with Crippen LogP contribution in [0.25, 0.3) is 0 Å². The smallest absolute Gasteiger partial charge is 0.382 e.